The molecule has 1 amide bonds. The first-order valence-corrected chi connectivity index (χ1v) is 7.52. The van der Waals surface area contributed by atoms with Crippen LogP contribution in [0.3, 0.4) is 0 Å². The van der Waals surface area contributed by atoms with E-state index < -0.39 is 0 Å². The largest absolute Gasteiger partial charge is 0.341 e. The molecule has 1 aliphatic heterocycles. The molecule has 0 unspecified atom stereocenters. The van der Waals surface area contributed by atoms with E-state index in [4.69, 9.17) is 0 Å². The minimum absolute atomic E-state index is 0.143. The Kier molecular flexibility index (Phi) is 4.31. The van der Waals surface area contributed by atoms with Crippen LogP contribution in [0.15, 0.2) is 0 Å². The Hall–Kier alpha value is -0.570. The van der Waals surface area contributed by atoms with E-state index in [1.807, 2.05) is 0 Å². The maximum absolute atomic E-state index is 12.4. The lowest BCUT2D eigenvalue weighted by Gasteiger charge is -2.38. The standard InChI is InChI=1S/C15H28N2O/c1-15(2,3)16-13-9-6-10-17(11-13)14(18)12-7-4-5-8-12/h12-13,16H,4-11H2,1-3H3/t13-/m0/s1. The fourth-order valence-electron chi connectivity index (χ4n) is 3.34. The summed E-state index contributed by atoms with van der Waals surface area (Å²) in [4.78, 5) is 14.5. The second-order valence-corrected chi connectivity index (χ2v) is 7.00. The molecule has 0 bridgehead atoms. The van der Waals surface area contributed by atoms with Gasteiger partial charge in [-0.3, -0.25) is 4.79 Å². The highest BCUT2D eigenvalue weighted by Crippen LogP contribution is 2.27. The lowest BCUT2D eigenvalue weighted by Crippen LogP contribution is -2.53. The van der Waals surface area contributed by atoms with Gasteiger partial charge in [0.25, 0.3) is 0 Å². The summed E-state index contributed by atoms with van der Waals surface area (Å²) in [5.41, 5.74) is 0.143. The Morgan fingerprint density at radius 3 is 2.39 bits per heavy atom. The van der Waals surface area contributed by atoms with Gasteiger partial charge in [0.05, 0.1) is 0 Å². The van der Waals surface area contributed by atoms with E-state index in [0.29, 0.717) is 17.9 Å². The zero-order valence-corrected chi connectivity index (χ0v) is 12.2. The van der Waals surface area contributed by atoms with Gasteiger partial charge in [-0.15, -0.1) is 0 Å². The summed E-state index contributed by atoms with van der Waals surface area (Å²) in [6, 6.07) is 0.476. The average molecular weight is 252 g/mol. The minimum Gasteiger partial charge on any atom is -0.341 e. The van der Waals surface area contributed by atoms with Crippen molar-refractivity contribution in [2.45, 2.75) is 70.9 Å². The monoisotopic (exact) mass is 252 g/mol. The summed E-state index contributed by atoms with van der Waals surface area (Å²) in [5.74, 6) is 0.756. The van der Waals surface area contributed by atoms with Crippen LogP contribution in [0, 0.1) is 5.92 Å². The summed E-state index contributed by atoms with van der Waals surface area (Å²) in [7, 11) is 0. The van der Waals surface area contributed by atoms with Crippen LogP contribution in [0.2, 0.25) is 0 Å². The second kappa shape index (κ2) is 5.60. The van der Waals surface area contributed by atoms with E-state index in [1.54, 1.807) is 0 Å². The first kappa shape index (κ1) is 13.9. The topological polar surface area (TPSA) is 32.3 Å². The van der Waals surface area contributed by atoms with Crippen LogP contribution in [0.4, 0.5) is 0 Å². The van der Waals surface area contributed by atoms with Crippen LogP contribution in [0.25, 0.3) is 0 Å². The van der Waals surface area contributed by atoms with Gasteiger partial charge in [0.1, 0.15) is 0 Å². The highest BCUT2D eigenvalue weighted by atomic mass is 16.2. The molecule has 2 aliphatic rings. The maximum Gasteiger partial charge on any atom is 0.225 e. The molecule has 1 aliphatic carbocycles. The van der Waals surface area contributed by atoms with Crippen molar-refractivity contribution in [3.05, 3.63) is 0 Å². The second-order valence-electron chi connectivity index (χ2n) is 7.00. The number of likely N-dealkylation sites (tertiary alicyclic amines) is 1. The van der Waals surface area contributed by atoms with Crippen LogP contribution in [0.1, 0.15) is 59.3 Å². The first-order valence-electron chi connectivity index (χ1n) is 7.52. The van der Waals surface area contributed by atoms with Gasteiger partial charge in [-0.2, -0.15) is 0 Å². The highest BCUT2D eigenvalue weighted by Gasteiger charge is 2.31. The Bertz CT molecular complexity index is 289. The van der Waals surface area contributed by atoms with Crippen LogP contribution < -0.4 is 5.32 Å². The summed E-state index contributed by atoms with van der Waals surface area (Å²) in [6.07, 6.45) is 7.07. The van der Waals surface area contributed by atoms with E-state index in [2.05, 4.69) is 31.0 Å². The molecular formula is C15H28N2O. The van der Waals surface area contributed by atoms with Gasteiger partial charge in [-0.25, -0.2) is 0 Å². The number of nitrogens with one attached hydrogen (secondary N) is 1. The molecule has 2 fully saturated rings. The summed E-state index contributed by atoms with van der Waals surface area (Å²) < 4.78 is 0. The summed E-state index contributed by atoms with van der Waals surface area (Å²) in [6.45, 7) is 8.48. The fraction of sp³-hybridized carbons (Fsp3) is 0.933. The molecule has 1 saturated heterocycles. The van der Waals surface area contributed by atoms with Crippen molar-refractivity contribution in [1.82, 2.24) is 10.2 Å². The quantitative estimate of drug-likeness (QED) is 0.819. The number of carbonyl (C=O) groups excluding carboxylic acids is 1. The molecule has 3 heteroatoms. The molecule has 1 saturated carbocycles. The number of nitrogens with zero attached hydrogens (tertiary/aromatic N) is 1. The molecule has 18 heavy (non-hydrogen) atoms. The molecule has 104 valence electrons. The van der Waals surface area contributed by atoms with Gasteiger partial charge in [0.2, 0.25) is 5.91 Å². The molecule has 3 nitrogen and oxygen atoms in total. The molecular weight excluding hydrogens is 224 g/mol. The SMILES string of the molecule is CC(C)(C)N[C@H]1CCCN(C(=O)C2CCCC2)C1. The Balaban J connectivity index is 1.87. The zero-order chi connectivity index (χ0) is 13.2. The third-order valence-corrected chi connectivity index (χ3v) is 4.07. The number of amides is 1. The van der Waals surface area contributed by atoms with E-state index >= 15 is 0 Å². The van der Waals surface area contributed by atoms with Crippen LogP contribution in [-0.4, -0.2) is 35.5 Å². The van der Waals surface area contributed by atoms with E-state index in [1.165, 1.54) is 19.3 Å². The number of rotatable bonds is 2. The van der Waals surface area contributed by atoms with Crippen molar-refractivity contribution in [2.75, 3.05) is 13.1 Å². The smallest absolute Gasteiger partial charge is 0.225 e. The van der Waals surface area contributed by atoms with Crippen molar-refractivity contribution in [3.63, 3.8) is 0 Å². The number of hydrogen-bond acceptors (Lipinski definition) is 2. The number of piperidine rings is 1. The van der Waals surface area contributed by atoms with Crippen molar-refractivity contribution in [2.24, 2.45) is 5.92 Å². The molecule has 0 aromatic carbocycles. The number of carbonyl (C=O) groups is 1. The predicted molar refractivity (Wildman–Crippen MR) is 74.4 cm³/mol. The van der Waals surface area contributed by atoms with E-state index in [0.717, 1.165) is 32.4 Å². The fourth-order valence-corrected chi connectivity index (χ4v) is 3.34. The lowest BCUT2D eigenvalue weighted by molar-refractivity contribution is -0.136. The Morgan fingerprint density at radius 1 is 1.11 bits per heavy atom. The molecule has 1 heterocycles. The molecule has 2 rings (SSSR count). The van der Waals surface area contributed by atoms with E-state index in [-0.39, 0.29) is 5.54 Å². The highest BCUT2D eigenvalue weighted by molar-refractivity contribution is 5.79. The normalized spacial score (nSPS) is 26.6. The van der Waals surface area contributed by atoms with Gasteiger partial charge < -0.3 is 10.2 Å². The van der Waals surface area contributed by atoms with Gasteiger partial charge in [0.15, 0.2) is 0 Å². The lowest BCUT2D eigenvalue weighted by atomic mass is 9.98. The average Bonchev–Trinajstić information content (AvgIpc) is 2.79. The molecule has 0 radical (unpaired) electrons. The third kappa shape index (κ3) is 3.71. The van der Waals surface area contributed by atoms with Crippen LogP contribution in [0.5, 0.6) is 0 Å². The van der Waals surface area contributed by atoms with Crippen molar-refractivity contribution in [1.29, 1.82) is 0 Å². The van der Waals surface area contributed by atoms with Crippen molar-refractivity contribution < 1.29 is 4.79 Å². The maximum atomic E-state index is 12.4. The van der Waals surface area contributed by atoms with Crippen LogP contribution >= 0.6 is 0 Å². The van der Waals surface area contributed by atoms with Crippen molar-refractivity contribution in [3.8, 4) is 0 Å². The van der Waals surface area contributed by atoms with Crippen LogP contribution in [-0.2, 0) is 4.79 Å². The van der Waals surface area contributed by atoms with Gasteiger partial charge in [0, 0.05) is 30.6 Å². The molecule has 0 aromatic rings. The molecule has 1 atom stereocenters. The Labute approximate surface area is 111 Å². The third-order valence-electron chi connectivity index (χ3n) is 4.07. The summed E-state index contributed by atoms with van der Waals surface area (Å²) in [5, 5.41) is 3.64. The first-order chi connectivity index (χ1) is 8.46. The minimum atomic E-state index is 0.143. The number of hydrogen-bond donors (Lipinski definition) is 1. The van der Waals surface area contributed by atoms with Crippen molar-refractivity contribution >= 4 is 5.91 Å². The van der Waals surface area contributed by atoms with Gasteiger partial charge in [-0.05, 0) is 46.5 Å². The molecule has 0 aromatic heterocycles. The van der Waals surface area contributed by atoms with E-state index in [9.17, 15) is 4.79 Å². The zero-order valence-electron chi connectivity index (χ0n) is 12.2. The van der Waals surface area contributed by atoms with Gasteiger partial charge in [-0.1, -0.05) is 12.8 Å². The van der Waals surface area contributed by atoms with Gasteiger partial charge >= 0.3 is 0 Å². The predicted octanol–water partition coefficient (Wildman–Crippen LogP) is 2.56. The Morgan fingerprint density at radius 2 is 1.78 bits per heavy atom. The molecule has 0 spiro atoms. The summed E-state index contributed by atoms with van der Waals surface area (Å²) >= 11 is 0. The molecule has 1 N–H and O–H groups in total.